The summed E-state index contributed by atoms with van der Waals surface area (Å²) in [7, 11) is -1.00. The molecule has 0 saturated carbocycles. The molecule has 27 heavy (non-hydrogen) atoms. The molecule has 2 fully saturated rings. The fourth-order valence-corrected chi connectivity index (χ4v) is 3.95. The van der Waals surface area contributed by atoms with Crippen LogP contribution in [0.15, 0.2) is 12.1 Å². The van der Waals surface area contributed by atoms with Gasteiger partial charge >= 0.3 is 13.1 Å². The van der Waals surface area contributed by atoms with Crippen molar-refractivity contribution in [3.05, 3.63) is 23.3 Å². The largest absolute Gasteiger partial charge is 0.535 e. The Labute approximate surface area is 156 Å². The molecule has 3 aliphatic rings. The number of nitrogens with two attached hydrogens (primary N) is 1. The number of rotatable bonds is 5. The Morgan fingerprint density at radius 3 is 2.81 bits per heavy atom. The molecule has 1 amide bonds. The average molecular weight is 375 g/mol. The van der Waals surface area contributed by atoms with Crippen molar-refractivity contribution in [3.8, 4) is 11.5 Å². The first-order valence-corrected chi connectivity index (χ1v) is 9.09. The van der Waals surface area contributed by atoms with E-state index in [1.54, 1.807) is 12.1 Å². The predicted molar refractivity (Wildman–Crippen MR) is 95.9 cm³/mol. The number of primary amides is 1. The Kier molecular flexibility index (Phi) is 4.71. The first kappa shape index (κ1) is 18.1. The summed E-state index contributed by atoms with van der Waals surface area (Å²) in [6, 6.07) is 3.38. The van der Waals surface area contributed by atoms with E-state index in [-0.39, 0.29) is 41.2 Å². The van der Waals surface area contributed by atoms with Gasteiger partial charge in [0.1, 0.15) is 23.2 Å². The number of nitrogens with one attached hydrogen (secondary N) is 1. The van der Waals surface area contributed by atoms with E-state index in [2.05, 4.69) is 10.2 Å². The lowest BCUT2D eigenvalue weighted by molar-refractivity contribution is -0.119. The van der Waals surface area contributed by atoms with Crippen LogP contribution in [0.5, 0.6) is 11.5 Å². The van der Waals surface area contributed by atoms with Crippen molar-refractivity contribution in [1.29, 1.82) is 0 Å². The third-order valence-electron chi connectivity index (χ3n) is 5.47. The Bertz CT molecular complexity index is 769. The Balaban J connectivity index is 1.42. The smallest absolute Gasteiger partial charge is 0.522 e. The summed E-state index contributed by atoms with van der Waals surface area (Å²) in [5.74, 6) is -1.04. The molecule has 1 aromatic carbocycles. The van der Waals surface area contributed by atoms with Crippen molar-refractivity contribution in [2.24, 2.45) is 5.73 Å². The lowest BCUT2D eigenvalue weighted by atomic mass is 9.78. The molecular weight excluding hydrogens is 353 g/mol. The highest BCUT2D eigenvalue weighted by molar-refractivity contribution is 6.44. The van der Waals surface area contributed by atoms with Crippen LogP contribution in [-0.4, -0.2) is 71.8 Å². The minimum atomic E-state index is -1.14. The van der Waals surface area contributed by atoms with Crippen LogP contribution < -0.4 is 20.4 Å². The van der Waals surface area contributed by atoms with E-state index in [9.17, 15) is 19.7 Å². The predicted octanol–water partition coefficient (Wildman–Crippen LogP) is -0.921. The standard InChI is InChI=1S/C17H22BN3O6/c19-16(22)12-5-10(6-20-12)21-7-11(8-21)26-13-2-1-9-3-4-18(25)27-15(9)14(13)17(23)24/h1-2,10-12,20,25H,3-8H2,(H2,19,22)(H,23,24)/t10-,12-/m0/s1. The molecule has 10 heteroatoms. The molecule has 9 nitrogen and oxygen atoms in total. The average Bonchev–Trinajstić information content (AvgIpc) is 3.06. The van der Waals surface area contributed by atoms with Crippen molar-refractivity contribution in [3.63, 3.8) is 0 Å². The third-order valence-corrected chi connectivity index (χ3v) is 5.47. The van der Waals surface area contributed by atoms with E-state index in [0.29, 0.717) is 38.8 Å². The molecule has 0 bridgehead atoms. The Morgan fingerprint density at radius 2 is 2.15 bits per heavy atom. The lowest BCUT2D eigenvalue weighted by Crippen LogP contribution is -2.58. The van der Waals surface area contributed by atoms with E-state index < -0.39 is 13.1 Å². The van der Waals surface area contributed by atoms with Gasteiger partial charge in [0.2, 0.25) is 5.91 Å². The van der Waals surface area contributed by atoms with Gasteiger partial charge in [-0.2, -0.15) is 0 Å². The van der Waals surface area contributed by atoms with Gasteiger partial charge in [0.15, 0.2) is 0 Å². The van der Waals surface area contributed by atoms with E-state index in [0.717, 1.165) is 5.56 Å². The van der Waals surface area contributed by atoms with E-state index >= 15 is 0 Å². The highest BCUT2D eigenvalue weighted by Gasteiger charge is 2.40. The maximum absolute atomic E-state index is 11.8. The summed E-state index contributed by atoms with van der Waals surface area (Å²) < 4.78 is 11.3. The number of nitrogens with zero attached hydrogens (tertiary/aromatic N) is 1. The summed E-state index contributed by atoms with van der Waals surface area (Å²) in [5.41, 5.74) is 6.05. The lowest BCUT2D eigenvalue weighted by Gasteiger charge is -2.42. The second-order valence-corrected chi connectivity index (χ2v) is 7.29. The van der Waals surface area contributed by atoms with Gasteiger partial charge in [-0.25, -0.2) is 4.79 Å². The minimum Gasteiger partial charge on any atom is -0.535 e. The monoisotopic (exact) mass is 375 g/mol. The van der Waals surface area contributed by atoms with Crippen LogP contribution in [0.2, 0.25) is 6.32 Å². The summed E-state index contributed by atoms with van der Waals surface area (Å²) in [6.07, 6.45) is 1.53. The summed E-state index contributed by atoms with van der Waals surface area (Å²) in [6.45, 7) is 2.00. The zero-order valence-electron chi connectivity index (χ0n) is 14.8. The SMILES string of the molecule is NC(=O)[C@@H]1C[C@H](N2CC(Oc3ccc4c(c3C(=O)O)OB(O)CC4)C2)CN1. The van der Waals surface area contributed by atoms with Crippen molar-refractivity contribution in [2.75, 3.05) is 19.6 Å². The number of hydrogen-bond donors (Lipinski definition) is 4. The topological polar surface area (TPSA) is 134 Å². The fraction of sp³-hybridized carbons (Fsp3) is 0.529. The van der Waals surface area contributed by atoms with Crippen LogP contribution in [0.3, 0.4) is 0 Å². The molecule has 4 rings (SSSR count). The number of aromatic carboxylic acids is 1. The van der Waals surface area contributed by atoms with Crippen LogP contribution >= 0.6 is 0 Å². The zero-order chi connectivity index (χ0) is 19.1. The summed E-state index contributed by atoms with van der Waals surface area (Å²) in [5, 5.41) is 22.4. The van der Waals surface area contributed by atoms with Crippen LogP contribution in [0.1, 0.15) is 22.3 Å². The van der Waals surface area contributed by atoms with Gasteiger partial charge in [-0.15, -0.1) is 0 Å². The first-order valence-electron chi connectivity index (χ1n) is 9.09. The quantitative estimate of drug-likeness (QED) is 0.486. The minimum absolute atomic E-state index is 0.0407. The van der Waals surface area contributed by atoms with Gasteiger partial charge in [0.05, 0.1) is 6.04 Å². The van der Waals surface area contributed by atoms with E-state index in [4.69, 9.17) is 15.1 Å². The van der Waals surface area contributed by atoms with Gasteiger partial charge in [-0.05, 0) is 30.8 Å². The maximum Gasteiger partial charge on any atom is 0.522 e. The molecule has 0 aliphatic carbocycles. The fourth-order valence-electron chi connectivity index (χ4n) is 3.95. The zero-order valence-corrected chi connectivity index (χ0v) is 14.8. The van der Waals surface area contributed by atoms with Crippen LogP contribution in [-0.2, 0) is 11.2 Å². The third kappa shape index (κ3) is 3.47. The maximum atomic E-state index is 11.8. The molecular formula is C17H22BN3O6. The molecule has 2 saturated heterocycles. The molecule has 3 heterocycles. The van der Waals surface area contributed by atoms with Gasteiger partial charge in [-0.3, -0.25) is 9.69 Å². The molecule has 1 aromatic rings. The first-order chi connectivity index (χ1) is 12.9. The molecule has 0 unspecified atom stereocenters. The molecule has 0 aromatic heterocycles. The number of carbonyl (C=O) groups is 2. The highest BCUT2D eigenvalue weighted by atomic mass is 16.5. The molecule has 144 valence electrons. The van der Waals surface area contributed by atoms with Gasteiger partial charge in [0.25, 0.3) is 0 Å². The number of carboxylic acids is 1. The molecule has 5 N–H and O–H groups in total. The number of hydrogen-bond acceptors (Lipinski definition) is 7. The molecule has 2 atom stereocenters. The molecule has 3 aliphatic heterocycles. The highest BCUT2D eigenvalue weighted by Crippen LogP contribution is 2.37. The van der Waals surface area contributed by atoms with Gasteiger partial charge in [-0.1, -0.05) is 6.07 Å². The second-order valence-electron chi connectivity index (χ2n) is 7.29. The van der Waals surface area contributed by atoms with Gasteiger partial charge in [0, 0.05) is 25.7 Å². The van der Waals surface area contributed by atoms with Crippen molar-refractivity contribution in [1.82, 2.24) is 10.2 Å². The summed E-state index contributed by atoms with van der Waals surface area (Å²) >= 11 is 0. The number of carboxylic acid groups (broad SMARTS) is 1. The number of ether oxygens (including phenoxy) is 1. The number of benzene rings is 1. The van der Waals surface area contributed by atoms with Crippen LogP contribution in [0.4, 0.5) is 0 Å². The number of likely N-dealkylation sites (tertiary alicyclic amines) is 1. The molecule has 0 radical (unpaired) electrons. The van der Waals surface area contributed by atoms with Gasteiger partial charge < -0.3 is 30.6 Å². The van der Waals surface area contributed by atoms with Crippen molar-refractivity contribution in [2.45, 2.75) is 37.3 Å². The number of carbonyl (C=O) groups excluding carboxylic acids is 1. The van der Waals surface area contributed by atoms with Crippen molar-refractivity contribution < 1.29 is 29.1 Å². The number of aryl methyl sites for hydroxylation is 1. The van der Waals surface area contributed by atoms with Crippen molar-refractivity contribution >= 4 is 19.0 Å². The summed E-state index contributed by atoms with van der Waals surface area (Å²) in [4.78, 5) is 25.2. The molecule has 0 spiro atoms. The Morgan fingerprint density at radius 1 is 1.37 bits per heavy atom. The van der Waals surface area contributed by atoms with E-state index in [1.807, 2.05) is 0 Å². The Hall–Kier alpha value is -2.30. The normalized spacial score (nSPS) is 25.4. The number of fused-ring (bicyclic) bond motifs is 1. The van der Waals surface area contributed by atoms with E-state index in [1.165, 1.54) is 0 Å². The van der Waals surface area contributed by atoms with Crippen LogP contribution in [0, 0.1) is 0 Å². The van der Waals surface area contributed by atoms with Crippen LogP contribution in [0.25, 0.3) is 0 Å². The second kappa shape index (κ2) is 7.03. The number of amides is 1.